The number of nitrogens with one attached hydrogen (secondary N) is 1. The predicted molar refractivity (Wildman–Crippen MR) is 104 cm³/mol. The Balaban J connectivity index is 2.06. The normalized spacial score (nSPS) is 11.1. The average molecular weight is 410 g/mol. The molecule has 0 unspecified atom stereocenters. The van der Waals surface area contributed by atoms with E-state index in [1.165, 1.54) is 19.2 Å². The fourth-order valence-electron chi connectivity index (χ4n) is 2.38. The molecule has 9 heteroatoms. The van der Waals surface area contributed by atoms with Gasteiger partial charge < -0.3 is 14.8 Å². The molecule has 0 radical (unpaired) electrons. The van der Waals surface area contributed by atoms with Crippen LogP contribution < -0.4 is 14.4 Å². The maximum atomic E-state index is 13.9. The summed E-state index contributed by atoms with van der Waals surface area (Å²) < 4.78 is 49.6. The number of hydrogen-bond donors (Lipinski definition) is 1. The molecule has 0 aliphatic carbocycles. The van der Waals surface area contributed by atoms with Crippen molar-refractivity contribution in [3.8, 4) is 5.75 Å². The molecular weight excluding hydrogens is 387 g/mol. The Morgan fingerprint density at radius 2 is 1.82 bits per heavy atom. The van der Waals surface area contributed by atoms with Crippen LogP contribution in [-0.4, -0.2) is 47.4 Å². The highest BCUT2D eigenvalue weighted by molar-refractivity contribution is 7.92. The van der Waals surface area contributed by atoms with Gasteiger partial charge >= 0.3 is 0 Å². The minimum absolute atomic E-state index is 0.131. The molecule has 0 fully saturated rings. The summed E-state index contributed by atoms with van der Waals surface area (Å²) in [4.78, 5) is 11.6. The second-order valence-electron chi connectivity index (χ2n) is 5.99. The second kappa shape index (κ2) is 10.0. The Morgan fingerprint density at radius 3 is 2.43 bits per heavy atom. The third kappa shape index (κ3) is 6.50. The molecule has 0 heterocycles. The first-order valence-electron chi connectivity index (χ1n) is 8.51. The highest BCUT2D eigenvalue weighted by Gasteiger charge is 2.19. The van der Waals surface area contributed by atoms with E-state index in [1.54, 1.807) is 36.4 Å². The number of rotatable bonds is 10. The van der Waals surface area contributed by atoms with E-state index in [2.05, 4.69) is 5.32 Å². The van der Waals surface area contributed by atoms with Crippen LogP contribution in [0.5, 0.6) is 5.75 Å². The SMILES string of the molecule is COCCNC(=O)COc1ccc(N(Cc2ccccc2F)S(C)(=O)=O)cc1. The van der Waals surface area contributed by atoms with Crippen molar-refractivity contribution in [3.05, 3.63) is 59.9 Å². The van der Waals surface area contributed by atoms with E-state index in [9.17, 15) is 17.6 Å². The van der Waals surface area contributed by atoms with Crippen LogP contribution in [0.3, 0.4) is 0 Å². The van der Waals surface area contributed by atoms with Crippen molar-refractivity contribution < 1.29 is 27.1 Å². The largest absolute Gasteiger partial charge is 0.484 e. The second-order valence-corrected chi connectivity index (χ2v) is 7.89. The fourth-order valence-corrected chi connectivity index (χ4v) is 3.26. The van der Waals surface area contributed by atoms with Gasteiger partial charge in [0.15, 0.2) is 6.61 Å². The molecule has 1 amide bonds. The van der Waals surface area contributed by atoms with Gasteiger partial charge in [0, 0.05) is 19.2 Å². The van der Waals surface area contributed by atoms with Gasteiger partial charge in [0.25, 0.3) is 5.91 Å². The van der Waals surface area contributed by atoms with Crippen LogP contribution in [0.15, 0.2) is 48.5 Å². The van der Waals surface area contributed by atoms with E-state index in [0.717, 1.165) is 10.6 Å². The molecular formula is C19H23FN2O5S. The zero-order chi connectivity index (χ0) is 20.6. The summed E-state index contributed by atoms with van der Waals surface area (Å²) in [6, 6.07) is 12.2. The van der Waals surface area contributed by atoms with Gasteiger partial charge in [-0.15, -0.1) is 0 Å². The van der Waals surface area contributed by atoms with E-state index in [1.807, 2.05) is 0 Å². The molecule has 2 rings (SSSR count). The number of nitrogens with zero attached hydrogens (tertiary/aromatic N) is 1. The number of carbonyl (C=O) groups is 1. The first kappa shape index (κ1) is 21.6. The molecule has 0 bridgehead atoms. The van der Waals surface area contributed by atoms with Crippen molar-refractivity contribution in [2.24, 2.45) is 0 Å². The van der Waals surface area contributed by atoms with Crippen LogP contribution >= 0.6 is 0 Å². The Kier molecular flexibility index (Phi) is 7.77. The number of halogens is 1. The van der Waals surface area contributed by atoms with Gasteiger partial charge in [-0.05, 0) is 30.3 Å². The lowest BCUT2D eigenvalue weighted by Crippen LogP contribution is -2.31. The van der Waals surface area contributed by atoms with Gasteiger partial charge in [-0.3, -0.25) is 9.10 Å². The number of benzene rings is 2. The monoisotopic (exact) mass is 410 g/mol. The third-order valence-corrected chi connectivity index (χ3v) is 4.94. The molecule has 7 nitrogen and oxygen atoms in total. The van der Waals surface area contributed by atoms with Crippen LogP contribution in [0.25, 0.3) is 0 Å². The number of amides is 1. The van der Waals surface area contributed by atoms with Crippen molar-refractivity contribution in [2.75, 3.05) is 37.4 Å². The van der Waals surface area contributed by atoms with E-state index < -0.39 is 15.8 Å². The van der Waals surface area contributed by atoms with Gasteiger partial charge in [-0.1, -0.05) is 18.2 Å². The first-order valence-corrected chi connectivity index (χ1v) is 10.4. The molecule has 0 saturated heterocycles. The van der Waals surface area contributed by atoms with Crippen molar-refractivity contribution in [2.45, 2.75) is 6.54 Å². The lowest BCUT2D eigenvalue weighted by atomic mass is 10.2. The smallest absolute Gasteiger partial charge is 0.258 e. The summed E-state index contributed by atoms with van der Waals surface area (Å²) in [6.07, 6.45) is 1.06. The highest BCUT2D eigenvalue weighted by Crippen LogP contribution is 2.24. The summed E-state index contributed by atoms with van der Waals surface area (Å²) in [5.41, 5.74) is 0.628. The molecule has 0 aromatic heterocycles. The van der Waals surface area contributed by atoms with Gasteiger partial charge in [-0.2, -0.15) is 0 Å². The predicted octanol–water partition coefficient (Wildman–Crippen LogP) is 1.93. The van der Waals surface area contributed by atoms with Crippen LogP contribution in [0.2, 0.25) is 0 Å². The highest BCUT2D eigenvalue weighted by atomic mass is 32.2. The molecule has 0 spiro atoms. The van der Waals surface area contributed by atoms with Crippen molar-refractivity contribution in [3.63, 3.8) is 0 Å². The van der Waals surface area contributed by atoms with Crippen molar-refractivity contribution >= 4 is 21.6 Å². The van der Waals surface area contributed by atoms with Crippen molar-refractivity contribution in [1.82, 2.24) is 5.32 Å². The van der Waals surface area contributed by atoms with Gasteiger partial charge in [0.1, 0.15) is 11.6 Å². The van der Waals surface area contributed by atoms with Crippen LogP contribution in [0.4, 0.5) is 10.1 Å². The fraction of sp³-hybridized carbons (Fsp3) is 0.316. The molecule has 0 aliphatic heterocycles. The molecule has 28 heavy (non-hydrogen) atoms. The standard InChI is InChI=1S/C19H23FN2O5S/c1-26-12-11-21-19(23)14-27-17-9-7-16(8-10-17)22(28(2,24)25)13-15-5-3-4-6-18(15)20/h3-10H,11-14H2,1-2H3,(H,21,23). The van der Waals surface area contributed by atoms with Crippen LogP contribution in [-0.2, 0) is 26.1 Å². The summed E-state index contributed by atoms with van der Waals surface area (Å²) in [5.74, 6) is -0.362. The van der Waals surface area contributed by atoms with Gasteiger partial charge in [0.05, 0.1) is 25.1 Å². The van der Waals surface area contributed by atoms with E-state index in [4.69, 9.17) is 9.47 Å². The molecule has 0 saturated carbocycles. The maximum absolute atomic E-state index is 13.9. The Morgan fingerprint density at radius 1 is 1.14 bits per heavy atom. The summed E-state index contributed by atoms with van der Waals surface area (Å²) in [6.45, 7) is 0.489. The minimum Gasteiger partial charge on any atom is -0.484 e. The number of hydrogen-bond acceptors (Lipinski definition) is 5. The zero-order valence-corrected chi connectivity index (χ0v) is 16.5. The van der Waals surface area contributed by atoms with E-state index in [0.29, 0.717) is 24.6 Å². The summed E-state index contributed by atoms with van der Waals surface area (Å²) in [7, 11) is -2.10. The third-order valence-electron chi connectivity index (χ3n) is 3.80. The zero-order valence-electron chi connectivity index (χ0n) is 15.7. The van der Waals surface area contributed by atoms with E-state index >= 15 is 0 Å². The Hall–Kier alpha value is -2.65. The molecule has 1 N–H and O–H groups in total. The number of methoxy groups -OCH3 is 1. The summed E-state index contributed by atoms with van der Waals surface area (Å²) >= 11 is 0. The Labute approximate surface area is 164 Å². The molecule has 2 aromatic carbocycles. The number of anilines is 1. The number of sulfonamides is 1. The van der Waals surface area contributed by atoms with Crippen LogP contribution in [0.1, 0.15) is 5.56 Å². The average Bonchev–Trinajstić information content (AvgIpc) is 2.65. The molecule has 0 aliphatic rings. The summed E-state index contributed by atoms with van der Waals surface area (Å²) in [5, 5.41) is 2.62. The number of carbonyl (C=O) groups excluding carboxylic acids is 1. The first-order chi connectivity index (χ1) is 13.3. The lowest BCUT2D eigenvalue weighted by Gasteiger charge is -2.23. The Bertz CT molecular complexity index is 887. The number of ether oxygens (including phenoxy) is 2. The van der Waals surface area contributed by atoms with Crippen molar-refractivity contribution in [1.29, 1.82) is 0 Å². The van der Waals surface area contributed by atoms with E-state index in [-0.39, 0.29) is 24.6 Å². The topological polar surface area (TPSA) is 84.9 Å². The quantitative estimate of drug-likeness (QED) is 0.605. The molecule has 0 atom stereocenters. The lowest BCUT2D eigenvalue weighted by molar-refractivity contribution is -0.123. The van der Waals surface area contributed by atoms with Crippen LogP contribution in [0, 0.1) is 5.82 Å². The van der Waals surface area contributed by atoms with Gasteiger partial charge in [0.2, 0.25) is 10.0 Å². The van der Waals surface area contributed by atoms with Gasteiger partial charge in [-0.25, -0.2) is 12.8 Å². The molecule has 152 valence electrons. The molecule has 2 aromatic rings. The minimum atomic E-state index is -3.63. The maximum Gasteiger partial charge on any atom is 0.258 e.